The lowest BCUT2D eigenvalue weighted by Gasteiger charge is -2.18. The van der Waals surface area contributed by atoms with Crippen LogP contribution in [0.1, 0.15) is 168 Å². The van der Waals surface area contributed by atoms with Crippen LogP contribution in [0, 0.1) is 0 Å². The summed E-state index contributed by atoms with van der Waals surface area (Å²) >= 11 is 0. The standard InChI is InChI=1S/C43H85NO10/c1-3-5-7-9-10-17-24-31-54-43(46)26-20-14-12-18-22-29-52-41(40-51-38-37-49-36-35-48-34-33-47-32-27-44)39-50-28-21-16-11-13-19-25-42(45)53-30-23-15-8-6-4-2/h41H,3-40,44H2,1-2H3. The zero-order valence-electron chi connectivity index (χ0n) is 35.1. The van der Waals surface area contributed by atoms with E-state index in [9.17, 15) is 9.59 Å². The Morgan fingerprint density at radius 2 is 0.741 bits per heavy atom. The van der Waals surface area contributed by atoms with Gasteiger partial charge in [-0.05, 0) is 38.5 Å². The van der Waals surface area contributed by atoms with Crippen molar-refractivity contribution in [3.05, 3.63) is 0 Å². The number of unbranched alkanes of at least 4 members (excludes halogenated alkanes) is 18. The highest BCUT2D eigenvalue weighted by atomic mass is 16.6. The summed E-state index contributed by atoms with van der Waals surface area (Å²) in [6, 6.07) is 0. The second-order valence-corrected chi connectivity index (χ2v) is 14.3. The molecule has 0 spiro atoms. The quantitative estimate of drug-likeness (QED) is 0.0469. The molecule has 0 fully saturated rings. The topological polar surface area (TPSA) is 134 Å². The van der Waals surface area contributed by atoms with Gasteiger partial charge in [-0.3, -0.25) is 9.59 Å². The summed E-state index contributed by atoms with van der Waals surface area (Å²) in [4.78, 5) is 23.9. The molecule has 0 aromatic rings. The van der Waals surface area contributed by atoms with Crippen molar-refractivity contribution in [2.45, 2.75) is 174 Å². The molecule has 0 aromatic heterocycles. The van der Waals surface area contributed by atoms with Gasteiger partial charge in [-0.15, -0.1) is 0 Å². The second-order valence-electron chi connectivity index (χ2n) is 14.3. The van der Waals surface area contributed by atoms with Gasteiger partial charge in [0.15, 0.2) is 0 Å². The fourth-order valence-electron chi connectivity index (χ4n) is 5.75. The molecule has 0 saturated carbocycles. The SMILES string of the molecule is CCCCCCCCCOC(=O)CCCCCCCOC(COCCCCCCCC(=O)OCCCCCCC)COCCOCCOCCOCCN. The fourth-order valence-corrected chi connectivity index (χ4v) is 5.75. The van der Waals surface area contributed by atoms with Crippen molar-refractivity contribution in [1.29, 1.82) is 0 Å². The molecule has 0 bridgehead atoms. The molecule has 0 heterocycles. The summed E-state index contributed by atoms with van der Waals surface area (Å²) in [5, 5.41) is 0. The Morgan fingerprint density at radius 1 is 0.389 bits per heavy atom. The maximum absolute atomic E-state index is 12.0. The summed E-state index contributed by atoms with van der Waals surface area (Å²) in [6.07, 6.45) is 25.4. The Hall–Kier alpha value is -1.34. The molecule has 11 heteroatoms. The average molecular weight is 776 g/mol. The van der Waals surface area contributed by atoms with Crippen molar-refractivity contribution >= 4 is 11.9 Å². The number of rotatable bonds is 46. The average Bonchev–Trinajstić information content (AvgIpc) is 3.17. The molecule has 0 aliphatic rings. The Bertz CT molecular complexity index is 760. The van der Waals surface area contributed by atoms with Crippen LogP contribution >= 0.6 is 0 Å². The lowest BCUT2D eigenvalue weighted by molar-refractivity contribution is -0.144. The van der Waals surface area contributed by atoms with E-state index in [1.54, 1.807) is 0 Å². The predicted octanol–water partition coefficient (Wildman–Crippen LogP) is 8.90. The number of ether oxygens (including phenoxy) is 8. The van der Waals surface area contributed by atoms with Gasteiger partial charge in [-0.25, -0.2) is 0 Å². The maximum atomic E-state index is 12.0. The monoisotopic (exact) mass is 776 g/mol. The predicted molar refractivity (Wildman–Crippen MR) is 217 cm³/mol. The van der Waals surface area contributed by atoms with Crippen LogP contribution in [0.3, 0.4) is 0 Å². The summed E-state index contributed by atoms with van der Waals surface area (Å²) in [6.45, 7) is 12.0. The molecule has 0 radical (unpaired) electrons. The molecule has 0 aliphatic carbocycles. The first-order chi connectivity index (χ1) is 26.6. The van der Waals surface area contributed by atoms with Gasteiger partial charge in [-0.1, -0.05) is 117 Å². The van der Waals surface area contributed by atoms with E-state index in [1.165, 1.54) is 51.4 Å². The normalized spacial score (nSPS) is 12.0. The van der Waals surface area contributed by atoms with Crippen molar-refractivity contribution in [2.24, 2.45) is 5.73 Å². The zero-order valence-corrected chi connectivity index (χ0v) is 35.1. The van der Waals surface area contributed by atoms with Crippen LogP contribution in [0.15, 0.2) is 0 Å². The molecule has 0 rings (SSSR count). The van der Waals surface area contributed by atoms with Gasteiger partial charge in [0.1, 0.15) is 6.10 Å². The number of hydrogen-bond acceptors (Lipinski definition) is 11. The lowest BCUT2D eigenvalue weighted by Crippen LogP contribution is -2.27. The van der Waals surface area contributed by atoms with Gasteiger partial charge >= 0.3 is 11.9 Å². The van der Waals surface area contributed by atoms with Crippen LogP contribution in [0.2, 0.25) is 0 Å². The molecular weight excluding hydrogens is 690 g/mol. The fraction of sp³-hybridized carbons (Fsp3) is 0.953. The molecule has 54 heavy (non-hydrogen) atoms. The van der Waals surface area contributed by atoms with Crippen LogP contribution in [0.5, 0.6) is 0 Å². The smallest absolute Gasteiger partial charge is 0.305 e. The van der Waals surface area contributed by atoms with Crippen LogP contribution in [-0.4, -0.2) is 110 Å². The van der Waals surface area contributed by atoms with Crippen molar-refractivity contribution in [1.82, 2.24) is 0 Å². The summed E-state index contributed by atoms with van der Waals surface area (Å²) < 4.78 is 45.1. The Balaban J connectivity index is 4.05. The highest BCUT2D eigenvalue weighted by Crippen LogP contribution is 2.11. The van der Waals surface area contributed by atoms with E-state index in [2.05, 4.69) is 13.8 Å². The molecule has 0 aliphatic heterocycles. The first-order valence-electron chi connectivity index (χ1n) is 22.2. The van der Waals surface area contributed by atoms with E-state index in [-0.39, 0.29) is 18.0 Å². The van der Waals surface area contributed by atoms with E-state index in [0.29, 0.717) is 105 Å². The molecule has 0 amide bonds. The van der Waals surface area contributed by atoms with Crippen molar-refractivity contribution in [3.8, 4) is 0 Å². The van der Waals surface area contributed by atoms with E-state index < -0.39 is 0 Å². The van der Waals surface area contributed by atoms with E-state index in [1.807, 2.05) is 0 Å². The highest BCUT2D eigenvalue weighted by Gasteiger charge is 2.11. The molecule has 0 saturated heterocycles. The Labute approximate surface area is 331 Å². The van der Waals surface area contributed by atoms with Gasteiger partial charge in [0.25, 0.3) is 0 Å². The molecule has 2 N–H and O–H groups in total. The number of carbonyl (C=O) groups excluding carboxylic acids is 2. The molecule has 322 valence electrons. The van der Waals surface area contributed by atoms with Crippen LogP contribution in [0.4, 0.5) is 0 Å². The first-order valence-corrected chi connectivity index (χ1v) is 22.2. The third-order valence-corrected chi connectivity index (χ3v) is 9.06. The molecule has 11 nitrogen and oxygen atoms in total. The molecule has 0 aromatic carbocycles. The van der Waals surface area contributed by atoms with E-state index in [0.717, 1.165) is 89.9 Å². The van der Waals surface area contributed by atoms with Crippen molar-refractivity contribution < 1.29 is 47.5 Å². The van der Waals surface area contributed by atoms with Crippen molar-refractivity contribution in [3.63, 3.8) is 0 Å². The number of esters is 2. The molecule has 1 atom stereocenters. The van der Waals surface area contributed by atoms with Gasteiger partial charge in [-0.2, -0.15) is 0 Å². The Morgan fingerprint density at radius 3 is 1.20 bits per heavy atom. The van der Waals surface area contributed by atoms with Crippen LogP contribution < -0.4 is 5.73 Å². The minimum atomic E-state index is -0.134. The molecular formula is C43H85NO10. The van der Waals surface area contributed by atoms with Crippen LogP contribution in [0.25, 0.3) is 0 Å². The van der Waals surface area contributed by atoms with Gasteiger partial charge in [0.2, 0.25) is 0 Å². The number of nitrogens with two attached hydrogens (primary N) is 1. The van der Waals surface area contributed by atoms with Gasteiger partial charge < -0.3 is 43.6 Å². The summed E-state index contributed by atoms with van der Waals surface area (Å²) in [5.74, 6) is -0.121. The number of carbonyl (C=O) groups is 2. The van der Waals surface area contributed by atoms with Crippen molar-refractivity contribution in [2.75, 3.05) is 92.4 Å². The maximum Gasteiger partial charge on any atom is 0.305 e. The summed E-state index contributed by atoms with van der Waals surface area (Å²) in [5.41, 5.74) is 5.40. The second kappa shape index (κ2) is 46.0. The van der Waals surface area contributed by atoms with E-state index in [4.69, 9.17) is 43.6 Å². The highest BCUT2D eigenvalue weighted by molar-refractivity contribution is 5.69. The minimum Gasteiger partial charge on any atom is -0.466 e. The van der Waals surface area contributed by atoms with E-state index >= 15 is 0 Å². The third kappa shape index (κ3) is 43.4. The van der Waals surface area contributed by atoms with Gasteiger partial charge in [0, 0.05) is 32.6 Å². The lowest BCUT2D eigenvalue weighted by atomic mass is 10.1. The largest absolute Gasteiger partial charge is 0.466 e. The summed E-state index contributed by atoms with van der Waals surface area (Å²) in [7, 11) is 0. The molecule has 1 unspecified atom stereocenters. The van der Waals surface area contributed by atoms with Crippen LogP contribution in [-0.2, 0) is 47.5 Å². The van der Waals surface area contributed by atoms with Gasteiger partial charge in [0.05, 0.1) is 72.7 Å². The minimum absolute atomic E-state index is 0.0595. The zero-order chi connectivity index (χ0) is 39.3. The third-order valence-electron chi connectivity index (χ3n) is 9.06. The number of hydrogen-bond donors (Lipinski definition) is 1. The first kappa shape index (κ1) is 52.7. The Kier molecular flexibility index (Phi) is 44.9.